The maximum Gasteiger partial charge on any atom is 0.156 e. The van der Waals surface area contributed by atoms with Gasteiger partial charge in [-0.25, -0.2) is 9.97 Å². The fraction of sp³-hybridized carbons (Fsp3) is 0.500. The van der Waals surface area contributed by atoms with Gasteiger partial charge in [-0.05, 0) is 0 Å². The number of hydrogen-bond donors (Lipinski definition) is 2. The summed E-state index contributed by atoms with van der Waals surface area (Å²) in [6, 6.07) is 0. The number of hydrogen-bond acceptors (Lipinski definition) is 5. The lowest BCUT2D eigenvalue weighted by atomic mass is 9.95. The SMILES string of the molecule is CC(C)(CO)CNc1ncnc(Cl)c1C=O. The van der Waals surface area contributed by atoms with E-state index < -0.39 is 0 Å². The Morgan fingerprint density at radius 2 is 2.25 bits per heavy atom. The molecule has 0 saturated carbocycles. The van der Waals surface area contributed by atoms with Crippen LogP contribution in [0.4, 0.5) is 5.82 Å². The highest BCUT2D eigenvalue weighted by molar-refractivity contribution is 6.32. The molecule has 0 aliphatic heterocycles. The quantitative estimate of drug-likeness (QED) is 0.604. The highest BCUT2D eigenvalue weighted by atomic mass is 35.5. The molecule has 0 atom stereocenters. The van der Waals surface area contributed by atoms with Crippen LogP contribution in [0, 0.1) is 5.41 Å². The van der Waals surface area contributed by atoms with Crippen LogP contribution in [0.15, 0.2) is 6.33 Å². The predicted octanol–water partition coefficient (Wildman–Crippen LogP) is 1.37. The summed E-state index contributed by atoms with van der Waals surface area (Å²) >= 11 is 5.74. The maximum atomic E-state index is 10.8. The maximum absolute atomic E-state index is 10.8. The third-order valence-corrected chi connectivity index (χ3v) is 2.42. The molecule has 0 bridgehead atoms. The average molecular weight is 244 g/mol. The van der Waals surface area contributed by atoms with E-state index in [2.05, 4.69) is 15.3 Å². The van der Waals surface area contributed by atoms with Crippen LogP contribution in [0.25, 0.3) is 0 Å². The van der Waals surface area contributed by atoms with Crippen LogP contribution in [0.1, 0.15) is 24.2 Å². The molecule has 2 N–H and O–H groups in total. The van der Waals surface area contributed by atoms with Crippen LogP contribution in [-0.2, 0) is 0 Å². The van der Waals surface area contributed by atoms with Crippen LogP contribution < -0.4 is 5.32 Å². The summed E-state index contributed by atoms with van der Waals surface area (Å²) in [7, 11) is 0. The van der Waals surface area contributed by atoms with Crippen molar-refractivity contribution in [3.05, 3.63) is 17.0 Å². The van der Waals surface area contributed by atoms with Gasteiger partial charge in [0.2, 0.25) is 0 Å². The number of nitrogens with one attached hydrogen (secondary N) is 1. The molecule has 1 aromatic heterocycles. The van der Waals surface area contributed by atoms with Crippen molar-refractivity contribution in [1.29, 1.82) is 0 Å². The number of carbonyl (C=O) groups is 1. The zero-order valence-electron chi connectivity index (χ0n) is 9.20. The van der Waals surface area contributed by atoms with Crippen molar-refractivity contribution < 1.29 is 9.90 Å². The van der Waals surface area contributed by atoms with E-state index in [0.717, 1.165) is 0 Å². The summed E-state index contributed by atoms with van der Waals surface area (Å²) in [6.45, 7) is 4.31. The highest BCUT2D eigenvalue weighted by Gasteiger charge is 2.17. The molecule has 6 heteroatoms. The molecule has 0 aromatic carbocycles. The highest BCUT2D eigenvalue weighted by Crippen LogP contribution is 2.20. The van der Waals surface area contributed by atoms with Gasteiger partial charge >= 0.3 is 0 Å². The molecule has 1 aromatic rings. The van der Waals surface area contributed by atoms with Crippen LogP contribution in [-0.4, -0.2) is 34.5 Å². The molecule has 1 heterocycles. The second-order valence-corrected chi connectivity index (χ2v) is 4.58. The van der Waals surface area contributed by atoms with E-state index in [0.29, 0.717) is 18.6 Å². The first-order valence-corrected chi connectivity index (χ1v) is 5.18. The van der Waals surface area contributed by atoms with Gasteiger partial charge in [0.05, 0.1) is 5.56 Å². The summed E-state index contributed by atoms with van der Waals surface area (Å²) in [5, 5.41) is 12.2. The lowest BCUT2D eigenvalue weighted by molar-refractivity contribution is 0.112. The van der Waals surface area contributed by atoms with Crippen molar-refractivity contribution in [2.75, 3.05) is 18.5 Å². The molecule has 0 amide bonds. The fourth-order valence-corrected chi connectivity index (χ4v) is 1.18. The smallest absolute Gasteiger partial charge is 0.156 e. The Morgan fingerprint density at radius 1 is 1.56 bits per heavy atom. The Kier molecular flexibility index (Phi) is 4.20. The fourth-order valence-electron chi connectivity index (χ4n) is 0.998. The lowest BCUT2D eigenvalue weighted by Gasteiger charge is -2.22. The Morgan fingerprint density at radius 3 is 2.81 bits per heavy atom. The third-order valence-electron chi connectivity index (χ3n) is 2.12. The molecule has 88 valence electrons. The van der Waals surface area contributed by atoms with Crippen molar-refractivity contribution in [3.8, 4) is 0 Å². The Bertz CT molecular complexity index is 382. The molecule has 0 aliphatic rings. The molecule has 1 rings (SSSR count). The van der Waals surface area contributed by atoms with Gasteiger partial charge in [0, 0.05) is 18.6 Å². The van der Waals surface area contributed by atoms with Gasteiger partial charge in [0.25, 0.3) is 0 Å². The molecule has 16 heavy (non-hydrogen) atoms. The number of halogens is 1. The zero-order chi connectivity index (χ0) is 12.2. The minimum Gasteiger partial charge on any atom is -0.396 e. The van der Waals surface area contributed by atoms with E-state index in [9.17, 15) is 4.79 Å². The molecule has 0 spiro atoms. The molecule has 0 fully saturated rings. The minimum absolute atomic E-state index is 0.0369. The van der Waals surface area contributed by atoms with E-state index in [4.69, 9.17) is 16.7 Å². The third kappa shape index (κ3) is 3.15. The van der Waals surface area contributed by atoms with E-state index in [-0.39, 0.29) is 22.7 Å². The van der Waals surface area contributed by atoms with Gasteiger partial charge in [0.15, 0.2) is 6.29 Å². The van der Waals surface area contributed by atoms with Crippen molar-refractivity contribution >= 4 is 23.7 Å². The van der Waals surface area contributed by atoms with Crippen LogP contribution in [0.5, 0.6) is 0 Å². The molecular formula is C10H14ClN3O2. The van der Waals surface area contributed by atoms with Crippen molar-refractivity contribution in [2.24, 2.45) is 5.41 Å². The van der Waals surface area contributed by atoms with Crippen molar-refractivity contribution in [3.63, 3.8) is 0 Å². The number of aliphatic hydroxyl groups excluding tert-OH is 1. The average Bonchev–Trinajstić information content (AvgIpc) is 2.26. The molecule has 0 saturated heterocycles. The summed E-state index contributed by atoms with van der Waals surface area (Å²) in [4.78, 5) is 18.4. The normalized spacial score (nSPS) is 11.2. The van der Waals surface area contributed by atoms with E-state index in [1.54, 1.807) is 0 Å². The van der Waals surface area contributed by atoms with E-state index in [1.807, 2.05) is 13.8 Å². The molecule has 0 unspecified atom stereocenters. The molecule has 5 nitrogen and oxygen atoms in total. The Hall–Kier alpha value is -1.20. The minimum atomic E-state index is -0.294. The Balaban J connectivity index is 2.82. The first-order valence-electron chi connectivity index (χ1n) is 4.80. The van der Waals surface area contributed by atoms with Crippen molar-refractivity contribution in [1.82, 2.24) is 9.97 Å². The van der Waals surface area contributed by atoms with E-state index in [1.165, 1.54) is 6.33 Å². The number of anilines is 1. The summed E-state index contributed by atoms with van der Waals surface area (Å²) in [6.07, 6.45) is 1.89. The number of aldehydes is 1. The number of nitrogens with zero attached hydrogens (tertiary/aromatic N) is 2. The topological polar surface area (TPSA) is 75.1 Å². The number of aromatic nitrogens is 2. The van der Waals surface area contributed by atoms with Crippen LogP contribution in [0.2, 0.25) is 5.15 Å². The first kappa shape index (κ1) is 12.9. The summed E-state index contributed by atoms with van der Waals surface area (Å²) in [5.41, 5.74) is -0.0599. The molecule has 0 aliphatic carbocycles. The number of aliphatic hydroxyl groups is 1. The first-order chi connectivity index (χ1) is 7.50. The van der Waals surface area contributed by atoms with Gasteiger partial charge < -0.3 is 10.4 Å². The summed E-state index contributed by atoms with van der Waals surface area (Å²) < 4.78 is 0. The van der Waals surface area contributed by atoms with Gasteiger partial charge in [-0.1, -0.05) is 25.4 Å². The standard InChI is InChI=1S/C10H14ClN3O2/c1-10(2,5-16)4-12-9-7(3-15)8(11)13-6-14-9/h3,6,16H,4-5H2,1-2H3,(H,12,13,14). The van der Waals surface area contributed by atoms with Crippen LogP contribution >= 0.6 is 11.6 Å². The molecule has 0 radical (unpaired) electrons. The van der Waals surface area contributed by atoms with Gasteiger partial charge in [0.1, 0.15) is 17.3 Å². The van der Waals surface area contributed by atoms with Crippen molar-refractivity contribution in [2.45, 2.75) is 13.8 Å². The monoisotopic (exact) mass is 243 g/mol. The van der Waals surface area contributed by atoms with E-state index >= 15 is 0 Å². The van der Waals surface area contributed by atoms with Crippen LogP contribution in [0.3, 0.4) is 0 Å². The largest absolute Gasteiger partial charge is 0.396 e. The van der Waals surface area contributed by atoms with Gasteiger partial charge in [-0.3, -0.25) is 4.79 Å². The summed E-state index contributed by atoms with van der Waals surface area (Å²) in [5.74, 6) is 0.386. The van der Waals surface area contributed by atoms with Gasteiger partial charge in [-0.2, -0.15) is 0 Å². The number of rotatable bonds is 5. The lowest BCUT2D eigenvalue weighted by Crippen LogP contribution is -2.27. The second-order valence-electron chi connectivity index (χ2n) is 4.22. The predicted molar refractivity (Wildman–Crippen MR) is 61.8 cm³/mol. The zero-order valence-corrected chi connectivity index (χ0v) is 9.95. The number of carbonyl (C=O) groups excluding carboxylic acids is 1. The molecular weight excluding hydrogens is 230 g/mol. The Labute approximate surface area is 98.9 Å². The second kappa shape index (κ2) is 5.23. The van der Waals surface area contributed by atoms with Gasteiger partial charge in [-0.15, -0.1) is 0 Å².